The Hall–Kier alpha value is -2.24. The molecule has 6 heteroatoms. The summed E-state index contributed by atoms with van der Waals surface area (Å²) in [5.74, 6) is 1.96. The monoisotopic (exact) mass is 566 g/mol. The van der Waals surface area contributed by atoms with Gasteiger partial charge in [-0.1, -0.05) is 57.0 Å². The fourth-order valence-electron chi connectivity index (χ4n) is 7.21. The molecule has 1 fully saturated rings. The first-order valence-electron chi connectivity index (χ1n) is 15.2. The molecule has 2 N–H and O–H groups in total. The van der Waals surface area contributed by atoms with E-state index in [4.69, 9.17) is 16.6 Å². The second kappa shape index (κ2) is 12.7. The maximum atomic E-state index is 14.0. The summed E-state index contributed by atoms with van der Waals surface area (Å²) in [5.41, 5.74) is 4.25. The van der Waals surface area contributed by atoms with Crippen molar-refractivity contribution in [3.63, 3.8) is 0 Å². The van der Waals surface area contributed by atoms with Crippen LogP contribution in [0.2, 0.25) is 5.02 Å². The van der Waals surface area contributed by atoms with E-state index in [1.54, 1.807) is 6.92 Å². The van der Waals surface area contributed by atoms with Gasteiger partial charge in [-0.3, -0.25) is 14.6 Å². The number of aliphatic hydroxyl groups excluding tert-OH is 1. The number of carbonyl (C=O) groups is 2. The van der Waals surface area contributed by atoms with Crippen LogP contribution >= 0.6 is 11.6 Å². The van der Waals surface area contributed by atoms with Crippen molar-refractivity contribution in [2.75, 3.05) is 6.54 Å². The lowest BCUT2D eigenvalue weighted by molar-refractivity contribution is -0.118. The van der Waals surface area contributed by atoms with Crippen molar-refractivity contribution in [1.82, 2.24) is 5.32 Å². The van der Waals surface area contributed by atoms with Gasteiger partial charge in [0.2, 0.25) is 5.91 Å². The largest absolute Gasteiger partial charge is 0.392 e. The fraction of sp³-hybridized carbons (Fsp3) is 0.618. The zero-order valence-electron chi connectivity index (χ0n) is 25.1. The van der Waals surface area contributed by atoms with Gasteiger partial charge in [-0.25, -0.2) is 0 Å². The van der Waals surface area contributed by atoms with Crippen LogP contribution in [0.3, 0.4) is 0 Å². The number of aliphatic imine (C=N–C) groups is 1. The van der Waals surface area contributed by atoms with Gasteiger partial charge in [0.25, 0.3) is 0 Å². The number of benzene rings is 1. The number of allylic oxidation sites excluding steroid dienone is 3. The molecule has 3 aliphatic rings. The van der Waals surface area contributed by atoms with Gasteiger partial charge >= 0.3 is 0 Å². The van der Waals surface area contributed by atoms with E-state index in [0.717, 1.165) is 48.8 Å². The molecule has 1 aromatic rings. The van der Waals surface area contributed by atoms with Crippen molar-refractivity contribution in [3.8, 4) is 0 Å². The molecule has 1 spiro atoms. The van der Waals surface area contributed by atoms with Crippen LogP contribution in [-0.4, -0.2) is 40.7 Å². The maximum absolute atomic E-state index is 14.0. The molecular formula is C34H47ClN2O3. The number of carbonyl (C=O) groups excluding carboxylic acids is 2. The molecule has 4 atom stereocenters. The second-order valence-electron chi connectivity index (χ2n) is 13.0. The Balaban J connectivity index is 1.65. The molecule has 218 valence electrons. The molecule has 0 aromatic heterocycles. The lowest BCUT2D eigenvalue weighted by Crippen LogP contribution is -2.44. The molecule has 1 amide bonds. The summed E-state index contributed by atoms with van der Waals surface area (Å²) in [6.45, 7) is 13.1. The maximum Gasteiger partial charge on any atom is 0.247 e. The first-order chi connectivity index (χ1) is 18.9. The minimum atomic E-state index is -0.570. The van der Waals surface area contributed by atoms with E-state index in [-0.39, 0.29) is 41.5 Å². The molecule has 40 heavy (non-hydrogen) atoms. The minimum absolute atomic E-state index is 0.110. The van der Waals surface area contributed by atoms with Crippen LogP contribution in [0.15, 0.2) is 46.5 Å². The Morgan fingerprint density at radius 2 is 1.82 bits per heavy atom. The molecule has 2 aliphatic carbocycles. The number of Topliss-reactive ketones (excluding diaryl/α,β-unsaturated/α-hetero) is 1. The standard InChI is InChI=1S/C34H47ClN2O3/c1-20(2)25-11-13-34(14-12-25)24(6)30(18-31(39)32(37-34)28-15-21(3)16-29(35)17-28)23(5)26-7-9-27(10-8-26)33(40)36-19-22(4)38/h7,9,15-17,20,22-25,30,38H,8,10-14,18-19H2,1-6H3,(H,36,40). The van der Waals surface area contributed by atoms with Crippen LogP contribution in [-0.2, 0) is 9.59 Å². The summed E-state index contributed by atoms with van der Waals surface area (Å²) >= 11 is 6.45. The molecule has 1 aromatic carbocycles. The molecule has 0 saturated heterocycles. The Morgan fingerprint density at radius 1 is 1.12 bits per heavy atom. The zero-order chi connectivity index (χ0) is 29.2. The normalized spacial score (nSPS) is 28.9. The van der Waals surface area contributed by atoms with Crippen molar-refractivity contribution in [2.24, 2.45) is 34.6 Å². The third-order valence-corrected chi connectivity index (χ3v) is 10.1. The highest BCUT2D eigenvalue weighted by molar-refractivity contribution is 6.47. The smallest absolute Gasteiger partial charge is 0.247 e. The molecule has 1 aliphatic heterocycles. The van der Waals surface area contributed by atoms with Gasteiger partial charge in [0, 0.05) is 29.1 Å². The number of halogens is 1. The van der Waals surface area contributed by atoms with Gasteiger partial charge in [-0.05, 0) is 106 Å². The average Bonchev–Trinajstić information content (AvgIpc) is 3.01. The SMILES string of the molecule is Cc1cc(Cl)cc(C2=NC3(CCC(C(C)C)CC3)C(C)C(C(C)C3=CC=C(C(=O)NCC(C)O)CC3)CC2=O)c1. The molecule has 1 heterocycles. The topological polar surface area (TPSA) is 78.8 Å². The lowest BCUT2D eigenvalue weighted by Gasteiger charge is -2.46. The number of aryl methyl sites for hydroxylation is 1. The molecule has 4 unspecified atom stereocenters. The van der Waals surface area contributed by atoms with Crippen LogP contribution in [0.25, 0.3) is 0 Å². The first kappa shape index (κ1) is 30.7. The van der Waals surface area contributed by atoms with E-state index >= 15 is 0 Å². The summed E-state index contributed by atoms with van der Waals surface area (Å²) in [6, 6.07) is 5.86. The van der Waals surface area contributed by atoms with E-state index in [9.17, 15) is 14.7 Å². The summed E-state index contributed by atoms with van der Waals surface area (Å²) < 4.78 is 0. The van der Waals surface area contributed by atoms with Gasteiger partial charge in [0.15, 0.2) is 5.78 Å². The third-order valence-electron chi connectivity index (χ3n) is 9.92. The van der Waals surface area contributed by atoms with Crippen LogP contribution in [0.1, 0.15) is 90.7 Å². The molecule has 0 bridgehead atoms. The van der Waals surface area contributed by atoms with E-state index in [1.807, 2.05) is 31.2 Å². The number of nitrogens with zero attached hydrogens (tertiary/aromatic N) is 1. The number of rotatable bonds is 7. The molecular weight excluding hydrogens is 520 g/mol. The number of aliphatic hydroxyl groups is 1. The minimum Gasteiger partial charge on any atom is -0.392 e. The van der Waals surface area contributed by atoms with Gasteiger partial charge in [0.1, 0.15) is 5.71 Å². The number of amides is 1. The Bertz CT molecular complexity index is 1180. The fourth-order valence-corrected chi connectivity index (χ4v) is 7.50. The lowest BCUT2D eigenvalue weighted by atomic mass is 9.62. The Kier molecular flexibility index (Phi) is 9.78. The van der Waals surface area contributed by atoms with Crippen LogP contribution < -0.4 is 5.32 Å². The quantitative estimate of drug-likeness (QED) is 0.372. The van der Waals surface area contributed by atoms with Crippen LogP contribution in [0, 0.1) is 36.5 Å². The highest BCUT2D eigenvalue weighted by Gasteiger charge is 2.48. The van der Waals surface area contributed by atoms with Crippen molar-refractivity contribution >= 4 is 29.0 Å². The molecule has 4 rings (SSSR count). The third kappa shape index (κ3) is 6.79. The van der Waals surface area contributed by atoms with Crippen molar-refractivity contribution < 1.29 is 14.7 Å². The molecule has 1 saturated carbocycles. The van der Waals surface area contributed by atoms with E-state index in [2.05, 4.69) is 39.1 Å². The van der Waals surface area contributed by atoms with Gasteiger partial charge in [-0.2, -0.15) is 0 Å². The van der Waals surface area contributed by atoms with Gasteiger partial charge < -0.3 is 10.4 Å². The number of hydrogen-bond donors (Lipinski definition) is 2. The van der Waals surface area contributed by atoms with E-state index < -0.39 is 6.10 Å². The predicted octanol–water partition coefficient (Wildman–Crippen LogP) is 7.03. The zero-order valence-corrected chi connectivity index (χ0v) is 25.9. The van der Waals surface area contributed by atoms with Gasteiger partial charge in [0.05, 0.1) is 11.6 Å². The van der Waals surface area contributed by atoms with Crippen molar-refractivity contribution in [3.05, 3.63) is 57.6 Å². The van der Waals surface area contributed by atoms with Crippen molar-refractivity contribution in [1.29, 1.82) is 0 Å². The second-order valence-corrected chi connectivity index (χ2v) is 13.5. The predicted molar refractivity (Wildman–Crippen MR) is 164 cm³/mol. The highest BCUT2D eigenvalue weighted by atomic mass is 35.5. The summed E-state index contributed by atoms with van der Waals surface area (Å²) in [6.07, 6.45) is 9.67. The number of nitrogens with one attached hydrogen (secondary N) is 1. The van der Waals surface area contributed by atoms with Crippen LogP contribution in [0.4, 0.5) is 0 Å². The van der Waals surface area contributed by atoms with Crippen molar-refractivity contribution in [2.45, 2.75) is 98.1 Å². The van der Waals surface area contributed by atoms with E-state index in [0.29, 0.717) is 35.4 Å². The average molecular weight is 567 g/mol. The Morgan fingerprint density at radius 3 is 2.40 bits per heavy atom. The summed E-state index contributed by atoms with van der Waals surface area (Å²) in [7, 11) is 0. The Labute approximate surface area is 245 Å². The summed E-state index contributed by atoms with van der Waals surface area (Å²) in [4.78, 5) is 31.9. The van der Waals surface area contributed by atoms with Crippen LogP contribution in [0.5, 0.6) is 0 Å². The first-order valence-corrected chi connectivity index (χ1v) is 15.5. The molecule has 5 nitrogen and oxygen atoms in total. The highest BCUT2D eigenvalue weighted by Crippen LogP contribution is 2.50. The molecule has 0 radical (unpaired) electrons. The van der Waals surface area contributed by atoms with E-state index in [1.165, 1.54) is 5.57 Å². The number of hydrogen-bond acceptors (Lipinski definition) is 4. The summed E-state index contributed by atoms with van der Waals surface area (Å²) in [5, 5.41) is 12.9. The van der Waals surface area contributed by atoms with Gasteiger partial charge in [-0.15, -0.1) is 0 Å². The number of ketones is 1.